The van der Waals surface area contributed by atoms with E-state index in [1.807, 2.05) is 30.3 Å². The Labute approximate surface area is 263 Å². The van der Waals surface area contributed by atoms with E-state index in [-0.39, 0.29) is 23.3 Å². The van der Waals surface area contributed by atoms with E-state index < -0.39 is 47.3 Å². The number of likely N-dealkylation sites (tertiary alicyclic amines) is 1. The number of ether oxygens (including phenoxy) is 2. The van der Waals surface area contributed by atoms with Crippen molar-refractivity contribution in [2.45, 2.75) is 90.6 Å². The van der Waals surface area contributed by atoms with Gasteiger partial charge in [0.1, 0.15) is 29.1 Å². The number of amides is 4. The molecule has 1 aliphatic rings. The van der Waals surface area contributed by atoms with Crippen LogP contribution in [0.2, 0.25) is 5.02 Å². The molecule has 1 heterocycles. The van der Waals surface area contributed by atoms with Crippen molar-refractivity contribution in [2.75, 3.05) is 6.54 Å². The van der Waals surface area contributed by atoms with Crippen LogP contribution in [0.4, 0.5) is 9.59 Å². The predicted molar refractivity (Wildman–Crippen MR) is 168 cm³/mol. The number of carbonyl (C=O) groups is 4. The first-order valence-electron chi connectivity index (χ1n) is 14.4. The van der Waals surface area contributed by atoms with Gasteiger partial charge in [0.25, 0.3) is 0 Å². The number of nitrogens with zero attached hydrogens (tertiary/aromatic N) is 1. The minimum absolute atomic E-state index is 0.0606. The average Bonchev–Trinajstić information content (AvgIpc) is 3.37. The minimum Gasteiger partial charge on any atom is -0.444 e. The average molecular weight is 628 g/mol. The zero-order chi connectivity index (χ0) is 32.8. The maximum absolute atomic E-state index is 13.4. The molecule has 3 rings (SSSR count). The monoisotopic (exact) mass is 627 g/mol. The molecular formula is C32H42ClN5O6. The summed E-state index contributed by atoms with van der Waals surface area (Å²) < 4.78 is 10.7. The molecule has 0 aliphatic carbocycles. The Balaban J connectivity index is 1.60. The second kappa shape index (κ2) is 14.1. The molecule has 238 valence electrons. The summed E-state index contributed by atoms with van der Waals surface area (Å²) in [6, 6.07) is 12.7. The highest BCUT2D eigenvalue weighted by molar-refractivity contribution is 6.31. The van der Waals surface area contributed by atoms with Crippen LogP contribution in [0.3, 0.4) is 0 Å². The molecule has 2 aromatic carbocycles. The van der Waals surface area contributed by atoms with Crippen molar-refractivity contribution in [2.24, 2.45) is 0 Å². The Morgan fingerprint density at radius 1 is 1.00 bits per heavy atom. The molecule has 44 heavy (non-hydrogen) atoms. The molecule has 1 aliphatic heterocycles. The molecule has 4 N–H and O–H groups in total. The van der Waals surface area contributed by atoms with Gasteiger partial charge >= 0.3 is 12.2 Å². The summed E-state index contributed by atoms with van der Waals surface area (Å²) in [5.41, 5.74) is 0.506. The lowest BCUT2D eigenvalue weighted by atomic mass is 9.96. The molecule has 12 heteroatoms. The Morgan fingerprint density at radius 3 is 2.23 bits per heavy atom. The van der Waals surface area contributed by atoms with Crippen molar-refractivity contribution in [3.8, 4) is 0 Å². The molecule has 1 fully saturated rings. The lowest BCUT2D eigenvalue weighted by Crippen LogP contribution is -2.52. The maximum atomic E-state index is 13.4. The summed E-state index contributed by atoms with van der Waals surface area (Å²) in [5, 5.41) is 16.3. The number of carbonyl (C=O) groups excluding carboxylic acids is 4. The summed E-state index contributed by atoms with van der Waals surface area (Å²) in [6.07, 6.45) is -0.947. The van der Waals surface area contributed by atoms with Gasteiger partial charge in [0.2, 0.25) is 11.8 Å². The molecule has 1 saturated heterocycles. The molecule has 4 amide bonds. The van der Waals surface area contributed by atoms with Crippen molar-refractivity contribution in [1.29, 1.82) is 5.41 Å². The molecule has 0 bridgehead atoms. The van der Waals surface area contributed by atoms with E-state index in [1.165, 1.54) is 11.0 Å². The number of hydrogen-bond donors (Lipinski definition) is 4. The standard InChI is InChI=1S/C32H42ClN5O6/c1-19(27(39)35-17-22-14-13-21(15-24(22)33)26(34)37-29(41)43-31(2,3)4)36-28(40)25-16-23(20-11-9-8-10-12-20)18-38(25)30(42)44-32(5,6)7/h8-15,19,23,25H,16-18H2,1-7H3,(H,35,39)(H,36,40)(H2,34,37,41)/t19-,23-,25+/m0/s1. The first-order valence-corrected chi connectivity index (χ1v) is 14.8. The van der Waals surface area contributed by atoms with Crippen LogP contribution >= 0.6 is 11.6 Å². The van der Waals surface area contributed by atoms with Crippen LogP contribution in [0.5, 0.6) is 0 Å². The number of amidine groups is 1. The van der Waals surface area contributed by atoms with Crippen LogP contribution in [0.25, 0.3) is 0 Å². The van der Waals surface area contributed by atoms with Crippen LogP contribution in [-0.4, -0.2) is 64.6 Å². The number of hydrogen-bond acceptors (Lipinski definition) is 7. The molecule has 2 aromatic rings. The summed E-state index contributed by atoms with van der Waals surface area (Å²) in [4.78, 5) is 52.7. The van der Waals surface area contributed by atoms with E-state index in [0.29, 0.717) is 24.1 Å². The number of alkyl carbamates (subject to hydrolysis) is 1. The maximum Gasteiger partial charge on any atom is 0.413 e. The van der Waals surface area contributed by atoms with Crippen molar-refractivity contribution >= 4 is 41.4 Å². The van der Waals surface area contributed by atoms with Crippen molar-refractivity contribution in [3.05, 3.63) is 70.2 Å². The van der Waals surface area contributed by atoms with Crippen LogP contribution < -0.4 is 16.0 Å². The van der Waals surface area contributed by atoms with Gasteiger partial charge in [0.15, 0.2) is 0 Å². The quantitative estimate of drug-likeness (QED) is 0.248. The van der Waals surface area contributed by atoms with Crippen molar-refractivity contribution in [1.82, 2.24) is 20.9 Å². The van der Waals surface area contributed by atoms with E-state index in [2.05, 4.69) is 16.0 Å². The largest absolute Gasteiger partial charge is 0.444 e. The SMILES string of the molecule is C[C@H](NC(=O)[C@H]1C[C@H](c2ccccc2)CN1C(=O)OC(C)(C)C)C(=O)NCc1ccc(C(=N)NC(=O)OC(C)(C)C)cc1Cl. The lowest BCUT2D eigenvalue weighted by molar-refractivity contribution is -0.131. The third kappa shape index (κ3) is 9.97. The summed E-state index contributed by atoms with van der Waals surface area (Å²) in [7, 11) is 0. The lowest BCUT2D eigenvalue weighted by Gasteiger charge is -2.28. The zero-order valence-corrected chi connectivity index (χ0v) is 27.0. The Bertz CT molecular complexity index is 1390. The fourth-order valence-electron chi connectivity index (χ4n) is 4.61. The van der Waals surface area contributed by atoms with Crippen LogP contribution in [0.1, 0.15) is 77.5 Å². The van der Waals surface area contributed by atoms with Crippen LogP contribution in [-0.2, 0) is 25.6 Å². The highest BCUT2D eigenvalue weighted by Crippen LogP contribution is 2.33. The summed E-state index contributed by atoms with van der Waals surface area (Å²) >= 11 is 6.39. The predicted octanol–water partition coefficient (Wildman–Crippen LogP) is 5.10. The van der Waals surface area contributed by atoms with Gasteiger partial charge in [-0.25, -0.2) is 9.59 Å². The normalized spacial score (nSPS) is 17.3. The number of nitrogens with one attached hydrogen (secondary N) is 4. The van der Waals surface area contributed by atoms with E-state index in [1.54, 1.807) is 60.6 Å². The molecule has 11 nitrogen and oxygen atoms in total. The number of benzene rings is 2. The van der Waals surface area contributed by atoms with Crippen molar-refractivity contribution in [3.63, 3.8) is 0 Å². The molecule has 0 spiro atoms. The minimum atomic E-state index is -0.900. The smallest absolute Gasteiger partial charge is 0.413 e. The third-order valence-corrected chi connectivity index (χ3v) is 7.03. The van der Waals surface area contributed by atoms with Gasteiger partial charge in [-0.15, -0.1) is 0 Å². The first kappa shape index (κ1) is 34.4. The number of rotatable bonds is 7. The second-order valence-corrected chi connectivity index (χ2v) is 13.2. The van der Waals surface area contributed by atoms with Gasteiger partial charge in [-0.1, -0.05) is 54.1 Å². The van der Waals surface area contributed by atoms with E-state index >= 15 is 0 Å². The second-order valence-electron chi connectivity index (χ2n) is 12.7. The Kier molecular flexibility index (Phi) is 11.0. The fraction of sp³-hybridized carbons (Fsp3) is 0.469. The molecule has 0 unspecified atom stereocenters. The van der Waals surface area contributed by atoms with Gasteiger partial charge in [0, 0.05) is 29.6 Å². The van der Waals surface area contributed by atoms with Gasteiger partial charge in [-0.2, -0.15) is 0 Å². The Hall–Kier alpha value is -4.12. The molecule has 0 saturated carbocycles. The molecular weight excluding hydrogens is 586 g/mol. The van der Waals surface area contributed by atoms with Crippen molar-refractivity contribution < 1.29 is 28.7 Å². The summed E-state index contributed by atoms with van der Waals surface area (Å²) in [5.74, 6) is -1.14. The van der Waals surface area contributed by atoms with Gasteiger partial charge in [-0.3, -0.25) is 25.2 Å². The van der Waals surface area contributed by atoms with E-state index in [4.69, 9.17) is 26.5 Å². The molecule has 0 aromatic heterocycles. The topological polar surface area (TPSA) is 150 Å². The highest BCUT2D eigenvalue weighted by atomic mass is 35.5. The highest BCUT2D eigenvalue weighted by Gasteiger charge is 2.42. The molecule has 0 radical (unpaired) electrons. The van der Waals surface area contributed by atoms with Gasteiger partial charge < -0.3 is 20.1 Å². The molecule has 3 atom stereocenters. The van der Waals surface area contributed by atoms with Gasteiger partial charge in [0.05, 0.1) is 0 Å². The van der Waals surface area contributed by atoms with E-state index in [0.717, 1.165) is 5.56 Å². The first-order chi connectivity index (χ1) is 20.4. The van der Waals surface area contributed by atoms with Gasteiger partial charge in [-0.05, 0) is 72.1 Å². The van der Waals surface area contributed by atoms with E-state index in [9.17, 15) is 19.2 Å². The third-order valence-electron chi connectivity index (χ3n) is 6.68. The van der Waals surface area contributed by atoms with Crippen LogP contribution in [0.15, 0.2) is 48.5 Å². The Morgan fingerprint density at radius 2 is 1.64 bits per heavy atom. The zero-order valence-electron chi connectivity index (χ0n) is 26.2. The number of halogens is 1. The summed E-state index contributed by atoms with van der Waals surface area (Å²) in [6.45, 7) is 12.4. The van der Waals surface area contributed by atoms with Crippen LogP contribution in [0, 0.1) is 5.41 Å². The fourth-order valence-corrected chi connectivity index (χ4v) is 4.86.